The van der Waals surface area contributed by atoms with E-state index in [9.17, 15) is 22.8 Å². The van der Waals surface area contributed by atoms with E-state index in [-0.39, 0.29) is 18.9 Å². The standard InChI is InChI=1S/C17H21FN6O4S/c18-12-4-1-3-11(9-12)15-7-6-13(10-23-15)29(27,28)24(26)16(25)14(19)5-2-8-22-17(20)21/h1,3-4,6-7,9-10,14,26H,2,5,8,19H2,(H4,20,21,22)/t14-/m1/s1. The van der Waals surface area contributed by atoms with Crippen LogP contribution in [0.15, 0.2) is 52.5 Å². The van der Waals surface area contributed by atoms with Crippen LogP contribution in [0.25, 0.3) is 11.3 Å². The number of hydrogen-bond donors (Lipinski definition) is 4. The number of aromatic nitrogens is 1. The summed E-state index contributed by atoms with van der Waals surface area (Å²) in [4.78, 5) is 19.4. The third kappa shape index (κ3) is 5.70. The molecule has 12 heteroatoms. The molecule has 156 valence electrons. The van der Waals surface area contributed by atoms with Crippen LogP contribution in [0.1, 0.15) is 12.8 Å². The summed E-state index contributed by atoms with van der Waals surface area (Å²) in [5.41, 5.74) is 16.7. The summed E-state index contributed by atoms with van der Waals surface area (Å²) in [7, 11) is -4.58. The smallest absolute Gasteiger partial charge is 0.290 e. The maximum atomic E-state index is 13.3. The largest absolute Gasteiger partial charge is 0.370 e. The Bertz CT molecular complexity index is 993. The zero-order valence-corrected chi connectivity index (χ0v) is 16.1. The van der Waals surface area contributed by atoms with E-state index in [4.69, 9.17) is 17.2 Å². The Kier molecular flexibility index (Phi) is 7.20. The lowest BCUT2D eigenvalue weighted by Gasteiger charge is -2.19. The van der Waals surface area contributed by atoms with Crippen molar-refractivity contribution in [1.29, 1.82) is 0 Å². The molecule has 2 rings (SSSR count). The molecular formula is C17H21FN6O4S. The quantitative estimate of drug-likeness (QED) is 0.152. The van der Waals surface area contributed by atoms with Crippen molar-refractivity contribution in [1.82, 2.24) is 9.45 Å². The molecule has 1 amide bonds. The first-order valence-electron chi connectivity index (χ1n) is 8.44. The summed E-state index contributed by atoms with van der Waals surface area (Å²) in [6.45, 7) is 0.201. The Morgan fingerprint density at radius 2 is 2.00 bits per heavy atom. The van der Waals surface area contributed by atoms with Crippen LogP contribution in [0.4, 0.5) is 4.39 Å². The fraction of sp³-hybridized carbons (Fsp3) is 0.235. The number of nitrogens with two attached hydrogens (primary N) is 3. The number of amides is 1. The third-order valence-corrected chi connectivity index (χ3v) is 5.33. The lowest BCUT2D eigenvalue weighted by Crippen LogP contribution is -2.45. The molecule has 0 saturated carbocycles. The topological polar surface area (TPSA) is 178 Å². The van der Waals surface area contributed by atoms with Crippen LogP contribution in [0, 0.1) is 5.82 Å². The van der Waals surface area contributed by atoms with Crippen LogP contribution in [0.5, 0.6) is 0 Å². The molecule has 1 aromatic heterocycles. The third-order valence-electron chi connectivity index (χ3n) is 3.86. The van der Waals surface area contributed by atoms with Gasteiger partial charge in [-0.05, 0) is 37.1 Å². The van der Waals surface area contributed by atoms with Gasteiger partial charge in [-0.3, -0.25) is 20.0 Å². The molecule has 1 heterocycles. The summed E-state index contributed by atoms with van der Waals surface area (Å²) in [6.07, 6.45) is 1.32. The molecule has 0 aliphatic heterocycles. The molecule has 1 atom stereocenters. The van der Waals surface area contributed by atoms with Gasteiger partial charge in [0.1, 0.15) is 10.7 Å². The number of pyridine rings is 1. The van der Waals surface area contributed by atoms with E-state index in [1.54, 1.807) is 6.07 Å². The molecule has 0 radical (unpaired) electrons. The number of hydrogen-bond acceptors (Lipinski definition) is 7. The van der Waals surface area contributed by atoms with Crippen LogP contribution in [-0.4, -0.2) is 47.5 Å². The summed E-state index contributed by atoms with van der Waals surface area (Å²) in [5, 5.41) is 9.91. The van der Waals surface area contributed by atoms with Crippen molar-refractivity contribution in [2.45, 2.75) is 23.8 Å². The van der Waals surface area contributed by atoms with Gasteiger partial charge in [-0.2, -0.15) is 8.42 Å². The predicted octanol–water partition coefficient (Wildman–Crippen LogP) is 0.175. The second kappa shape index (κ2) is 9.41. The van der Waals surface area contributed by atoms with Crippen molar-refractivity contribution in [3.63, 3.8) is 0 Å². The van der Waals surface area contributed by atoms with Crippen LogP contribution in [0.2, 0.25) is 0 Å². The normalized spacial score (nSPS) is 12.2. The average molecular weight is 424 g/mol. The van der Waals surface area contributed by atoms with Gasteiger partial charge in [0.25, 0.3) is 15.9 Å². The monoisotopic (exact) mass is 424 g/mol. The molecule has 0 bridgehead atoms. The zero-order valence-electron chi connectivity index (χ0n) is 15.3. The molecular weight excluding hydrogens is 403 g/mol. The van der Waals surface area contributed by atoms with Crippen LogP contribution < -0.4 is 17.2 Å². The molecule has 1 aromatic carbocycles. The Hall–Kier alpha value is -3.09. The number of hydroxylamine groups is 1. The summed E-state index contributed by atoms with van der Waals surface area (Å²) >= 11 is 0. The molecule has 2 aromatic rings. The number of benzene rings is 1. The van der Waals surface area contributed by atoms with Gasteiger partial charge in [0.15, 0.2) is 5.96 Å². The minimum atomic E-state index is -4.58. The molecule has 0 aliphatic rings. The molecule has 0 spiro atoms. The fourth-order valence-electron chi connectivity index (χ4n) is 2.35. The van der Waals surface area contributed by atoms with Crippen LogP contribution in [-0.2, 0) is 14.8 Å². The SMILES string of the molecule is NC(N)=NCCC[C@@H](N)C(=O)N(O)S(=O)(=O)c1ccc(-c2cccc(F)c2)nc1. The van der Waals surface area contributed by atoms with Crippen molar-refractivity contribution in [3.05, 3.63) is 48.4 Å². The summed E-state index contributed by atoms with van der Waals surface area (Å²) < 4.78 is 37.8. The van der Waals surface area contributed by atoms with Crippen molar-refractivity contribution in [2.24, 2.45) is 22.2 Å². The minimum Gasteiger partial charge on any atom is -0.370 e. The van der Waals surface area contributed by atoms with Gasteiger partial charge in [0.05, 0.1) is 11.7 Å². The number of halogens is 1. The van der Waals surface area contributed by atoms with Gasteiger partial charge < -0.3 is 17.2 Å². The fourth-order valence-corrected chi connectivity index (χ4v) is 3.35. The summed E-state index contributed by atoms with van der Waals surface area (Å²) in [6, 6.07) is 6.78. The second-order valence-electron chi connectivity index (χ2n) is 6.03. The number of sulfonamides is 1. The average Bonchev–Trinajstić information content (AvgIpc) is 2.69. The highest BCUT2D eigenvalue weighted by Gasteiger charge is 2.31. The van der Waals surface area contributed by atoms with Gasteiger partial charge in [0, 0.05) is 18.3 Å². The number of nitrogens with zero attached hydrogens (tertiary/aromatic N) is 3. The highest BCUT2D eigenvalue weighted by molar-refractivity contribution is 7.89. The molecule has 0 aliphatic carbocycles. The van der Waals surface area contributed by atoms with Gasteiger partial charge >= 0.3 is 0 Å². The Labute approximate surface area is 166 Å². The number of carbonyl (C=O) groups excluding carboxylic acids is 1. The maximum absolute atomic E-state index is 13.3. The van der Waals surface area contributed by atoms with E-state index in [0.717, 1.165) is 12.3 Å². The Morgan fingerprint density at radius 1 is 1.28 bits per heavy atom. The zero-order chi connectivity index (χ0) is 21.6. The number of guanidine groups is 1. The highest BCUT2D eigenvalue weighted by Crippen LogP contribution is 2.21. The molecule has 7 N–H and O–H groups in total. The minimum absolute atomic E-state index is 0.0545. The van der Waals surface area contributed by atoms with E-state index >= 15 is 0 Å². The molecule has 0 fully saturated rings. The maximum Gasteiger partial charge on any atom is 0.290 e. The van der Waals surface area contributed by atoms with Gasteiger partial charge in [-0.15, -0.1) is 4.47 Å². The van der Waals surface area contributed by atoms with Crippen molar-refractivity contribution in [2.75, 3.05) is 6.54 Å². The van der Waals surface area contributed by atoms with E-state index in [0.29, 0.717) is 17.7 Å². The molecule has 10 nitrogen and oxygen atoms in total. The molecule has 0 unspecified atom stereocenters. The van der Waals surface area contributed by atoms with E-state index in [1.807, 2.05) is 0 Å². The lowest BCUT2D eigenvalue weighted by molar-refractivity contribution is -0.147. The van der Waals surface area contributed by atoms with Gasteiger partial charge in [-0.25, -0.2) is 4.39 Å². The summed E-state index contributed by atoms with van der Waals surface area (Å²) in [5.74, 6) is -1.80. The Balaban J connectivity index is 2.10. The number of carbonyl (C=O) groups is 1. The first kappa shape index (κ1) is 22.2. The number of aliphatic imine (C=N–C) groups is 1. The predicted molar refractivity (Wildman–Crippen MR) is 103 cm³/mol. The number of rotatable bonds is 8. The first-order valence-corrected chi connectivity index (χ1v) is 9.88. The van der Waals surface area contributed by atoms with Crippen molar-refractivity contribution >= 4 is 21.9 Å². The lowest BCUT2D eigenvalue weighted by atomic mass is 10.1. The van der Waals surface area contributed by atoms with E-state index in [1.165, 1.54) is 24.3 Å². The molecule has 29 heavy (non-hydrogen) atoms. The van der Waals surface area contributed by atoms with Crippen molar-refractivity contribution < 1.29 is 22.8 Å². The first-order chi connectivity index (χ1) is 13.6. The van der Waals surface area contributed by atoms with Gasteiger partial charge in [-0.1, -0.05) is 12.1 Å². The Morgan fingerprint density at radius 3 is 2.59 bits per heavy atom. The van der Waals surface area contributed by atoms with E-state index < -0.39 is 37.2 Å². The van der Waals surface area contributed by atoms with E-state index in [2.05, 4.69) is 9.98 Å². The molecule has 0 saturated heterocycles. The van der Waals surface area contributed by atoms with Crippen LogP contribution >= 0.6 is 0 Å². The van der Waals surface area contributed by atoms with Crippen molar-refractivity contribution in [3.8, 4) is 11.3 Å². The second-order valence-corrected chi connectivity index (χ2v) is 7.80. The van der Waals surface area contributed by atoms with Crippen LogP contribution in [0.3, 0.4) is 0 Å². The highest BCUT2D eigenvalue weighted by atomic mass is 32.2. The van der Waals surface area contributed by atoms with Gasteiger partial charge in [0.2, 0.25) is 0 Å².